The van der Waals surface area contributed by atoms with Gasteiger partial charge in [0.1, 0.15) is 6.17 Å². The summed E-state index contributed by atoms with van der Waals surface area (Å²) in [7, 11) is 0. The van der Waals surface area contributed by atoms with Gasteiger partial charge in [-0.2, -0.15) is 0 Å². The summed E-state index contributed by atoms with van der Waals surface area (Å²) < 4.78 is 0. The Hall–Kier alpha value is -0.660. The first kappa shape index (κ1) is 50.4. The van der Waals surface area contributed by atoms with Gasteiger partial charge in [0.2, 0.25) is 0 Å². The van der Waals surface area contributed by atoms with E-state index in [0.717, 1.165) is 0 Å². The molecule has 1 atom stereocenters. The fraction of sp³-hybridized carbons (Fsp3) is 0.961. The van der Waals surface area contributed by atoms with Gasteiger partial charge in [-0.1, -0.05) is 271 Å². The number of nitrogens with zero attached hydrogens (tertiary/aromatic N) is 2. The Morgan fingerprint density at radius 2 is 0.434 bits per heavy atom. The van der Waals surface area contributed by atoms with Crippen molar-refractivity contribution in [3.05, 3.63) is 12.4 Å². The Morgan fingerprint density at radius 3 is 0.660 bits per heavy atom. The van der Waals surface area contributed by atoms with Crippen molar-refractivity contribution >= 4 is 0 Å². The molecule has 0 aromatic rings. The van der Waals surface area contributed by atoms with Gasteiger partial charge in [0.05, 0.1) is 0 Å². The third-order valence-electron chi connectivity index (χ3n) is 12.6. The van der Waals surface area contributed by atoms with Crippen molar-refractivity contribution in [3.8, 4) is 0 Å². The van der Waals surface area contributed by atoms with Crippen LogP contribution in [0.25, 0.3) is 0 Å². The molecule has 0 aromatic carbocycles. The lowest BCUT2D eigenvalue weighted by Gasteiger charge is -2.33. The Balaban J connectivity index is 2.18. The van der Waals surface area contributed by atoms with Gasteiger partial charge >= 0.3 is 0 Å². The molecule has 0 saturated carbocycles. The topological polar surface area (TPSA) is 6.48 Å². The summed E-state index contributed by atoms with van der Waals surface area (Å²) in [6, 6.07) is 0. The van der Waals surface area contributed by atoms with Gasteiger partial charge in [-0.25, -0.2) is 0 Å². The molecule has 0 aliphatic carbocycles. The molecule has 0 aromatic heterocycles. The van der Waals surface area contributed by atoms with E-state index in [1.807, 2.05) is 0 Å². The van der Waals surface area contributed by atoms with Crippen LogP contribution in [0.3, 0.4) is 0 Å². The van der Waals surface area contributed by atoms with Gasteiger partial charge in [-0.05, 0) is 25.7 Å². The van der Waals surface area contributed by atoms with E-state index in [9.17, 15) is 0 Å². The molecule has 316 valence electrons. The molecule has 1 rings (SSSR count). The molecule has 1 unspecified atom stereocenters. The molecule has 0 fully saturated rings. The van der Waals surface area contributed by atoms with E-state index < -0.39 is 0 Å². The van der Waals surface area contributed by atoms with E-state index in [1.165, 1.54) is 289 Å². The Morgan fingerprint density at radius 1 is 0.245 bits per heavy atom. The highest BCUT2D eigenvalue weighted by atomic mass is 15.4. The Kier molecular flexibility index (Phi) is 40.4. The van der Waals surface area contributed by atoms with Crippen molar-refractivity contribution in [2.45, 2.75) is 303 Å². The van der Waals surface area contributed by atoms with Crippen molar-refractivity contribution in [3.63, 3.8) is 0 Å². The fourth-order valence-corrected chi connectivity index (χ4v) is 8.84. The summed E-state index contributed by atoms with van der Waals surface area (Å²) in [6.45, 7) is 9.50. The monoisotopic (exact) mass is 743 g/mol. The predicted molar refractivity (Wildman–Crippen MR) is 242 cm³/mol. The highest BCUT2D eigenvalue weighted by Crippen LogP contribution is 2.24. The van der Waals surface area contributed by atoms with Gasteiger partial charge in [0, 0.05) is 25.5 Å². The number of unbranched alkanes of at least 4 members (excludes halogenated alkanes) is 39. The zero-order valence-electron chi connectivity index (χ0n) is 37.4. The quantitative estimate of drug-likeness (QED) is 0.0573. The largest absolute Gasteiger partial charge is 0.356 e. The van der Waals surface area contributed by atoms with Crippen LogP contribution in [-0.2, 0) is 0 Å². The van der Waals surface area contributed by atoms with Crippen LogP contribution in [0.4, 0.5) is 0 Å². The molecular formula is C51H102N2. The van der Waals surface area contributed by atoms with Crippen molar-refractivity contribution in [1.29, 1.82) is 0 Å². The fourth-order valence-electron chi connectivity index (χ4n) is 8.84. The van der Waals surface area contributed by atoms with E-state index in [-0.39, 0.29) is 0 Å². The molecule has 0 radical (unpaired) electrons. The maximum absolute atomic E-state index is 2.74. The van der Waals surface area contributed by atoms with Crippen LogP contribution in [0.1, 0.15) is 297 Å². The summed E-state index contributed by atoms with van der Waals surface area (Å²) in [5.41, 5.74) is 0. The van der Waals surface area contributed by atoms with Crippen LogP contribution in [-0.4, -0.2) is 29.1 Å². The third kappa shape index (κ3) is 34.3. The van der Waals surface area contributed by atoms with Gasteiger partial charge < -0.3 is 9.80 Å². The van der Waals surface area contributed by atoms with Crippen LogP contribution in [0, 0.1) is 0 Å². The minimum Gasteiger partial charge on any atom is -0.356 e. The molecule has 0 spiro atoms. The Labute approximate surface area is 337 Å². The van der Waals surface area contributed by atoms with Gasteiger partial charge in [0.25, 0.3) is 0 Å². The van der Waals surface area contributed by atoms with Crippen molar-refractivity contribution in [1.82, 2.24) is 9.80 Å². The smallest absolute Gasteiger partial charge is 0.101 e. The van der Waals surface area contributed by atoms with Crippen molar-refractivity contribution < 1.29 is 0 Å². The average molecular weight is 743 g/mol. The SMILES string of the molecule is CCCCCCCCCCCCCCCCCCCN1C=CN(CCCCCCCCCCCCCC)C1CCCCCCCCCCCCCCC. The summed E-state index contributed by atoms with van der Waals surface area (Å²) in [5.74, 6) is 0. The zero-order chi connectivity index (χ0) is 38.0. The molecule has 1 aliphatic heterocycles. The van der Waals surface area contributed by atoms with Crippen LogP contribution in [0.15, 0.2) is 12.4 Å². The van der Waals surface area contributed by atoms with Crippen molar-refractivity contribution in [2.75, 3.05) is 13.1 Å². The number of hydrogen-bond donors (Lipinski definition) is 0. The first-order valence-electron chi connectivity index (χ1n) is 25.5. The maximum atomic E-state index is 2.74. The highest BCUT2D eigenvalue weighted by Gasteiger charge is 2.25. The molecule has 0 saturated heterocycles. The zero-order valence-corrected chi connectivity index (χ0v) is 37.4. The van der Waals surface area contributed by atoms with Crippen molar-refractivity contribution in [2.24, 2.45) is 0 Å². The minimum absolute atomic E-state index is 0.636. The lowest BCUT2D eigenvalue weighted by molar-refractivity contribution is 0.135. The summed E-state index contributed by atoms with van der Waals surface area (Å²) in [6.07, 6.45) is 67.9. The standard InChI is InChI=1S/C51H102N2/c1-4-7-10-13-16-19-22-25-26-27-28-30-33-36-39-42-45-48-53-50-49-52(47-44-41-38-35-32-24-21-18-15-12-9-6-3)51(53)46-43-40-37-34-31-29-23-20-17-14-11-8-5-2/h49-51H,4-48H2,1-3H3. The molecule has 2 heteroatoms. The summed E-state index contributed by atoms with van der Waals surface area (Å²) in [4.78, 5) is 5.48. The Bertz CT molecular complexity index is 702. The average Bonchev–Trinajstić information content (AvgIpc) is 3.55. The van der Waals surface area contributed by atoms with Gasteiger partial charge in [-0.3, -0.25) is 0 Å². The van der Waals surface area contributed by atoms with E-state index in [1.54, 1.807) is 0 Å². The second-order valence-electron chi connectivity index (χ2n) is 17.8. The number of rotatable bonds is 45. The highest BCUT2D eigenvalue weighted by molar-refractivity contribution is 4.97. The van der Waals surface area contributed by atoms with Crippen LogP contribution < -0.4 is 0 Å². The molecule has 1 aliphatic rings. The molecule has 1 heterocycles. The van der Waals surface area contributed by atoms with Gasteiger partial charge in [0.15, 0.2) is 0 Å². The predicted octanol–water partition coefficient (Wildman–Crippen LogP) is 18.2. The van der Waals surface area contributed by atoms with E-state index in [2.05, 4.69) is 43.0 Å². The lowest BCUT2D eigenvalue weighted by Crippen LogP contribution is -2.39. The van der Waals surface area contributed by atoms with Gasteiger partial charge in [-0.15, -0.1) is 0 Å². The molecular weight excluding hydrogens is 641 g/mol. The summed E-state index contributed by atoms with van der Waals surface area (Å²) in [5, 5.41) is 0. The molecule has 2 nitrogen and oxygen atoms in total. The second-order valence-corrected chi connectivity index (χ2v) is 17.8. The molecule has 53 heavy (non-hydrogen) atoms. The van der Waals surface area contributed by atoms with E-state index in [4.69, 9.17) is 0 Å². The maximum Gasteiger partial charge on any atom is 0.101 e. The van der Waals surface area contributed by atoms with E-state index in [0.29, 0.717) is 6.17 Å². The van der Waals surface area contributed by atoms with Crippen LogP contribution in [0.5, 0.6) is 0 Å². The molecule has 0 N–H and O–H groups in total. The third-order valence-corrected chi connectivity index (χ3v) is 12.6. The molecule has 0 amide bonds. The normalized spacial score (nSPS) is 14.4. The second kappa shape index (κ2) is 42.5. The number of hydrogen-bond acceptors (Lipinski definition) is 2. The first-order chi connectivity index (χ1) is 26.3. The minimum atomic E-state index is 0.636. The first-order valence-corrected chi connectivity index (χ1v) is 25.5. The van der Waals surface area contributed by atoms with Crippen LogP contribution >= 0.6 is 0 Å². The van der Waals surface area contributed by atoms with Crippen LogP contribution in [0.2, 0.25) is 0 Å². The summed E-state index contributed by atoms with van der Waals surface area (Å²) >= 11 is 0. The van der Waals surface area contributed by atoms with E-state index >= 15 is 0 Å². The lowest BCUT2D eigenvalue weighted by atomic mass is 10.0. The molecule has 0 bridgehead atoms.